The number of hydrogen-bond donors (Lipinski definition) is 4. The van der Waals surface area contributed by atoms with E-state index in [1.54, 1.807) is 17.5 Å². The lowest BCUT2D eigenvalue weighted by Gasteiger charge is -2.15. The number of allylic oxidation sites excluding steroid dienone is 1. The summed E-state index contributed by atoms with van der Waals surface area (Å²) in [6.45, 7) is 13.4. The summed E-state index contributed by atoms with van der Waals surface area (Å²) in [7, 11) is 0. The van der Waals surface area contributed by atoms with E-state index < -0.39 is 0 Å². The number of hydrogen-bond acceptors (Lipinski definition) is 7. The molecule has 6 aromatic rings. The topological polar surface area (TPSA) is 124 Å². The average molecular weight is 725 g/mol. The number of imidazole rings is 2. The van der Waals surface area contributed by atoms with E-state index >= 15 is 0 Å². The number of rotatable bonds is 19. The summed E-state index contributed by atoms with van der Waals surface area (Å²) in [5, 5.41) is 7.15. The van der Waals surface area contributed by atoms with Gasteiger partial charge in [0.15, 0.2) is 0 Å². The molecule has 0 spiro atoms. The van der Waals surface area contributed by atoms with Crippen molar-refractivity contribution in [3.63, 3.8) is 0 Å². The Balaban J connectivity index is 1.10. The fourth-order valence-corrected chi connectivity index (χ4v) is 7.40. The van der Waals surface area contributed by atoms with Gasteiger partial charge in [-0.1, -0.05) is 73.3 Å². The van der Waals surface area contributed by atoms with Crippen LogP contribution in [0.5, 0.6) is 0 Å². The van der Waals surface area contributed by atoms with E-state index in [0.717, 1.165) is 99.4 Å². The van der Waals surface area contributed by atoms with Crippen LogP contribution in [0.4, 0.5) is 5.69 Å². The number of amides is 1. The Kier molecular flexibility index (Phi) is 12.8. The predicted molar refractivity (Wildman–Crippen MR) is 218 cm³/mol. The molecule has 3 aromatic carbocycles. The number of aryl methyl sites for hydroxylation is 1. The Morgan fingerprint density at radius 3 is 2.42 bits per heavy atom. The molecule has 0 fully saturated rings. The number of carbonyl (C=O) groups excluding carboxylic acids is 1. The zero-order valence-electron chi connectivity index (χ0n) is 30.6. The van der Waals surface area contributed by atoms with Crippen molar-refractivity contribution in [2.75, 3.05) is 13.1 Å². The quantitative estimate of drug-likeness (QED) is 0.0377. The van der Waals surface area contributed by atoms with Crippen LogP contribution in [0.25, 0.3) is 20.9 Å². The standard InChI is InChI=1S/C43H48N8OS/c1-5-33(19-14-22-45-40(52)25-32-17-11-8-12-18-32)41-46-27-37(49-41)30(4)48-35-26-39-36(23-29(35)3)51-43(53-39)38-28-47-42(50-38)34(20-13-21-44-6-2)24-31-15-9-7-10-16-31/h5-12,15-18,23,26-28,33-34,44H,1-2,13-14,19-22,24-25H2,3-4H3,(H,45,52)(H,46,49)(H,47,50)/b48-30+. The van der Waals surface area contributed by atoms with Gasteiger partial charge in [0.25, 0.3) is 0 Å². The number of nitrogens with one attached hydrogen (secondary N) is 4. The van der Waals surface area contributed by atoms with Gasteiger partial charge < -0.3 is 20.6 Å². The summed E-state index contributed by atoms with van der Waals surface area (Å²) < 4.78 is 1.07. The van der Waals surface area contributed by atoms with E-state index in [0.29, 0.717) is 13.0 Å². The smallest absolute Gasteiger partial charge is 0.224 e. The van der Waals surface area contributed by atoms with Gasteiger partial charge in [0.1, 0.15) is 16.7 Å². The first-order valence-corrected chi connectivity index (χ1v) is 19.1. The van der Waals surface area contributed by atoms with Gasteiger partial charge >= 0.3 is 0 Å². The highest BCUT2D eigenvalue weighted by Gasteiger charge is 2.19. The number of fused-ring (bicyclic) bond motifs is 1. The van der Waals surface area contributed by atoms with Crippen LogP contribution in [0.2, 0.25) is 0 Å². The molecule has 0 radical (unpaired) electrons. The zero-order valence-corrected chi connectivity index (χ0v) is 31.4. The molecule has 53 heavy (non-hydrogen) atoms. The molecule has 4 N–H and O–H groups in total. The first kappa shape index (κ1) is 37.2. The fourth-order valence-electron chi connectivity index (χ4n) is 6.45. The Labute approximate surface area is 315 Å². The number of benzene rings is 3. The molecule has 3 heterocycles. The van der Waals surface area contributed by atoms with Crippen LogP contribution < -0.4 is 10.6 Å². The highest BCUT2D eigenvalue weighted by atomic mass is 32.1. The van der Waals surface area contributed by atoms with Gasteiger partial charge in [-0.05, 0) is 81.0 Å². The lowest BCUT2D eigenvalue weighted by Crippen LogP contribution is -2.26. The van der Waals surface area contributed by atoms with Gasteiger partial charge in [0, 0.05) is 24.9 Å². The number of nitrogens with zero attached hydrogens (tertiary/aromatic N) is 4. The number of carbonyl (C=O) groups is 1. The molecule has 0 bridgehead atoms. The molecule has 0 aliphatic carbocycles. The molecule has 3 aromatic heterocycles. The minimum atomic E-state index is 0.0313. The van der Waals surface area contributed by atoms with E-state index in [9.17, 15) is 4.79 Å². The highest BCUT2D eigenvalue weighted by Crippen LogP contribution is 2.35. The number of thiazole rings is 1. The minimum absolute atomic E-state index is 0.0313. The average Bonchev–Trinajstić information content (AvgIpc) is 3.95. The van der Waals surface area contributed by atoms with Gasteiger partial charge in [-0.2, -0.15) is 0 Å². The molecule has 0 saturated carbocycles. The van der Waals surface area contributed by atoms with Gasteiger partial charge in [-0.3, -0.25) is 9.79 Å². The summed E-state index contributed by atoms with van der Waals surface area (Å²) >= 11 is 1.64. The van der Waals surface area contributed by atoms with E-state index in [-0.39, 0.29) is 17.7 Å². The van der Waals surface area contributed by atoms with Crippen molar-refractivity contribution in [3.05, 3.63) is 145 Å². The molecule has 272 valence electrons. The van der Waals surface area contributed by atoms with E-state index in [2.05, 4.69) is 88.1 Å². The second-order valence-corrected chi connectivity index (χ2v) is 14.4. The highest BCUT2D eigenvalue weighted by molar-refractivity contribution is 7.21. The van der Waals surface area contributed by atoms with Gasteiger partial charge in [0.2, 0.25) is 5.91 Å². The van der Waals surface area contributed by atoms with Crippen LogP contribution in [0.15, 0.2) is 116 Å². The summed E-state index contributed by atoms with van der Waals surface area (Å²) in [6, 6.07) is 24.6. The third kappa shape index (κ3) is 10.0. The first-order chi connectivity index (χ1) is 25.9. The Bertz CT molecular complexity index is 2150. The first-order valence-electron chi connectivity index (χ1n) is 18.3. The van der Waals surface area contributed by atoms with E-state index in [4.69, 9.17) is 15.0 Å². The van der Waals surface area contributed by atoms with Crippen molar-refractivity contribution in [2.24, 2.45) is 4.99 Å². The molecule has 0 aliphatic heterocycles. The third-order valence-electron chi connectivity index (χ3n) is 9.39. The van der Waals surface area contributed by atoms with E-state index in [1.807, 2.05) is 55.7 Å². The summed E-state index contributed by atoms with van der Waals surface area (Å²) in [5.74, 6) is 2.17. The van der Waals surface area contributed by atoms with Crippen LogP contribution in [-0.4, -0.2) is 49.6 Å². The molecule has 10 heteroatoms. The predicted octanol–water partition coefficient (Wildman–Crippen LogP) is 9.11. The molecule has 2 atom stereocenters. The normalized spacial score (nSPS) is 12.8. The number of aromatic amines is 2. The SMILES string of the molecule is C=CNCCCC(Cc1ccccc1)c1ncc(-c2nc3cc(C)c(/N=C(\C)c4cnc(C(C=C)CCCNC(=O)Cc5ccccc5)[nH]4)cc3s2)[nH]1. The van der Waals surface area contributed by atoms with Crippen molar-refractivity contribution < 1.29 is 4.79 Å². The molecule has 1 amide bonds. The van der Waals surface area contributed by atoms with E-state index in [1.165, 1.54) is 5.56 Å². The van der Waals surface area contributed by atoms with Crippen molar-refractivity contribution in [1.82, 2.24) is 35.6 Å². The third-order valence-corrected chi connectivity index (χ3v) is 10.4. The summed E-state index contributed by atoms with van der Waals surface area (Å²) in [6.07, 6.45) is 12.4. The molecule has 0 saturated heterocycles. The lowest BCUT2D eigenvalue weighted by atomic mass is 9.94. The maximum absolute atomic E-state index is 12.3. The molecular weight excluding hydrogens is 677 g/mol. The Morgan fingerprint density at radius 1 is 0.925 bits per heavy atom. The monoisotopic (exact) mass is 724 g/mol. The molecule has 0 aliphatic rings. The maximum Gasteiger partial charge on any atom is 0.224 e. The number of aromatic nitrogens is 5. The van der Waals surface area contributed by atoms with Crippen molar-refractivity contribution in [2.45, 2.75) is 64.2 Å². The van der Waals surface area contributed by atoms with Gasteiger partial charge in [-0.25, -0.2) is 15.0 Å². The molecule has 6 rings (SSSR count). The second kappa shape index (κ2) is 18.2. The molecule has 9 nitrogen and oxygen atoms in total. The summed E-state index contributed by atoms with van der Waals surface area (Å²) in [4.78, 5) is 38.9. The van der Waals surface area contributed by atoms with Crippen molar-refractivity contribution >= 4 is 38.9 Å². The van der Waals surface area contributed by atoms with Crippen LogP contribution in [-0.2, 0) is 17.6 Å². The molecule has 2 unspecified atom stereocenters. The Morgan fingerprint density at radius 2 is 1.66 bits per heavy atom. The van der Waals surface area contributed by atoms with Crippen LogP contribution >= 0.6 is 11.3 Å². The van der Waals surface area contributed by atoms with Gasteiger partial charge in [-0.15, -0.1) is 17.9 Å². The van der Waals surface area contributed by atoms with Crippen LogP contribution in [0.1, 0.15) is 78.5 Å². The maximum atomic E-state index is 12.3. The van der Waals surface area contributed by atoms with Crippen molar-refractivity contribution in [1.29, 1.82) is 0 Å². The van der Waals surface area contributed by atoms with Gasteiger partial charge in [0.05, 0.1) is 51.8 Å². The minimum Gasteiger partial charge on any atom is -0.391 e. The van der Waals surface area contributed by atoms with Crippen LogP contribution in [0, 0.1) is 6.92 Å². The molecular formula is C43H48N8OS. The zero-order chi connectivity index (χ0) is 37.0. The Hall–Kier alpha value is -5.61. The fraction of sp³-hybridized carbons (Fsp3) is 0.279. The van der Waals surface area contributed by atoms with Crippen molar-refractivity contribution in [3.8, 4) is 10.7 Å². The number of H-pyrrole nitrogens is 2. The summed E-state index contributed by atoms with van der Waals surface area (Å²) in [5.41, 5.74) is 7.84. The second-order valence-electron chi connectivity index (χ2n) is 13.4. The van der Waals surface area contributed by atoms with Crippen LogP contribution in [0.3, 0.4) is 0 Å². The largest absolute Gasteiger partial charge is 0.391 e. The lowest BCUT2D eigenvalue weighted by molar-refractivity contribution is -0.120. The number of aliphatic imine (C=N–C) groups is 1.